The second-order valence-corrected chi connectivity index (χ2v) is 9.15. The number of fused-ring (bicyclic) bond motifs is 1. The summed E-state index contributed by atoms with van der Waals surface area (Å²) in [5.41, 5.74) is 0.101. The molecule has 0 radical (unpaired) electrons. The summed E-state index contributed by atoms with van der Waals surface area (Å²) in [6, 6.07) is 12.0. The second kappa shape index (κ2) is 7.58. The van der Waals surface area contributed by atoms with Gasteiger partial charge >= 0.3 is 0 Å². The lowest BCUT2D eigenvalue weighted by Crippen LogP contribution is -2.06. The van der Waals surface area contributed by atoms with Crippen molar-refractivity contribution in [3.05, 3.63) is 88.2 Å². The number of halogens is 5. The normalized spacial score (nSPS) is 11.8. The number of hydrogen-bond acceptors (Lipinski definition) is 3. The molecule has 3 aromatic carbocycles. The van der Waals surface area contributed by atoms with E-state index in [9.17, 15) is 21.6 Å². The summed E-state index contributed by atoms with van der Waals surface area (Å²) in [4.78, 5) is 3.75. The van der Waals surface area contributed by atoms with Gasteiger partial charge in [0.25, 0.3) is 0 Å². The number of benzene rings is 3. The van der Waals surface area contributed by atoms with E-state index < -0.39 is 32.3 Å². The molecule has 0 amide bonds. The maximum absolute atomic E-state index is 14.5. The van der Waals surface area contributed by atoms with Gasteiger partial charge in [-0.2, -0.15) is 0 Å². The van der Waals surface area contributed by atoms with Crippen LogP contribution in [0.1, 0.15) is 0 Å². The average molecular weight is 468 g/mol. The zero-order chi connectivity index (χ0) is 21.6. The fourth-order valence-electron chi connectivity index (χ4n) is 3.03. The highest BCUT2D eigenvalue weighted by Gasteiger charge is 2.24. The molecule has 0 spiro atoms. The topological polar surface area (TPSA) is 47.0 Å². The molecule has 0 aliphatic carbocycles. The highest BCUT2D eigenvalue weighted by atomic mass is 35.5. The quantitative estimate of drug-likeness (QED) is 0.347. The molecule has 0 atom stereocenters. The van der Waals surface area contributed by atoms with Crippen LogP contribution in [-0.2, 0) is 9.84 Å². The van der Waals surface area contributed by atoms with E-state index in [1.54, 1.807) is 0 Å². The Bertz CT molecular complexity index is 1410. The average Bonchev–Trinajstić information content (AvgIpc) is 2.69. The van der Waals surface area contributed by atoms with E-state index in [0.29, 0.717) is 0 Å². The molecular formula is C21H10Cl2F3NO2S. The van der Waals surface area contributed by atoms with Crippen LogP contribution >= 0.6 is 23.2 Å². The zero-order valence-corrected chi connectivity index (χ0v) is 17.2. The highest BCUT2D eigenvalue weighted by molar-refractivity contribution is 7.91. The van der Waals surface area contributed by atoms with Crippen LogP contribution in [0.3, 0.4) is 0 Å². The van der Waals surface area contributed by atoms with Crippen molar-refractivity contribution in [3.8, 4) is 11.1 Å². The molecule has 4 rings (SSSR count). The fraction of sp³-hybridized carbons (Fsp3) is 0. The van der Waals surface area contributed by atoms with Gasteiger partial charge in [-0.3, -0.25) is 0 Å². The SMILES string of the molecule is O=S(=O)(c1cc(Cl)cc(Cl)c1)c1cc(-c2ccc(F)c(F)c2)c2cccc(F)c2n1. The number of para-hydroxylation sites is 1. The zero-order valence-electron chi connectivity index (χ0n) is 14.8. The molecule has 0 unspecified atom stereocenters. The second-order valence-electron chi connectivity index (χ2n) is 6.38. The van der Waals surface area contributed by atoms with Crippen molar-refractivity contribution < 1.29 is 21.6 Å². The minimum Gasteiger partial charge on any atom is -0.233 e. The molecule has 0 saturated carbocycles. The van der Waals surface area contributed by atoms with Crippen LogP contribution in [0.25, 0.3) is 22.0 Å². The molecule has 0 aliphatic rings. The van der Waals surface area contributed by atoms with Gasteiger partial charge in [-0.15, -0.1) is 0 Å². The lowest BCUT2D eigenvalue weighted by molar-refractivity contribution is 0.509. The Morgan fingerprint density at radius 3 is 2.13 bits per heavy atom. The summed E-state index contributed by atoms with van der Waals surface area (Å²) >= 11 is 11.8. The van der Waals surface area contributed by atoms with Crippen molar-refractivity contribution in [1.82, 2.24) is 4.98 Å². The van der Waals surface area contributed by atoms with Crippen LogP contribution in [0, 0.1) is 17.5 Å². The third-order valence-corrected chi connectivity index (χ3v) is 6.47. The largest absolute Gasteiger partial charge is 0.233 e. The Morgan fingerprint density at radius 1 is 0.767 bits per heavy atom. The summed E-state index contributed by atoms with van der Waals surface area (Å²) in [5.74, 6) is -2.96. The Morgan fingerprint density at radius 2 is 1.47 bits per heavy atom. The van der Waals surface area contributed by atoms with E-state index in [1.807, 2.05) is 0 Å². The van der Waals surface area contributed by atoms with Gasteiger partial charge in [-0.25, -0.2) is 26.6 Å². The van der Waals surface area contributed by atoms with Gasteiger partial charge in [0.2, 0.25) is 9.84 Å². The molecule has 1 aromatic heterocycles. The Kier molecular flexibility index (Phi) is 5.22. The van der Waals surface area contributed by atoms with Gasteiger partial charge in [-0.05, 0) is 53.6 Å². The van der Waals surface area contributed by atoms with Gasteiger partial charge in [0, 0.05) is 15.4 Å². The van der Waals surface area contributed by atoms with Crippen LogP contribution in [0.4, 0.5) is 13.2 Å². The van der Waals surface area contributed by atoms with Crippen LogP contribution in [0.15, 0.2) is 70.6 Å². The molecular weight excluding hydrogens is 458 g/mol. The van der Waals surface area contributed by atoms with E-state index in [0.717, 1.165) is 18.2 Å². The predicted molar refractivity (Wildman–Crippen MR) is 109 cm³/mol. The maximum Gasteiger partial charge on any atom is 0.223 e. The molecule has 3 nitrogen and oxygen atoms in total. The molecule has 0 saturated heterocycles. The van der Waals surface area contributed by atoms with Crippen LogP contribution in [0.5, 0.6) is 0 Å². The molecule has 4 aromatic rings. The summed E-state index contributed by atoms with van der Waals surface area (Å²) in [5, 5.41) is -0.0648. The smallest absolute Gasteiger partial charge is 0.223 e. The summed E-state index contributed by atoms with van der Waals surface area (Å²) < 4.78 is 68.0. The first kappa shape index (κ1) is 20.7. The molecule has 30 heavy (non-hydrogen) atoms. The number of aromatic nitrogens is 1. The van der Waals surface area contributed by atoms with Crippen LogP contribution < -0.4 is 0 Å². The molecule has 0 N–H and O–H groups in total. The maximum atomic E-state index is 14.5. The molecule has 0 bridgehead atoms. The molecule has 152 valence electrons. The van der Waals surface area contributed by atoms with Crippen molar-refractivity contribution in [2.75, 3.05) is 0 Å². The van der Waals surface area contributed by atoms with Crippen molar-refractivity contribution in [3.63, 3.8) is 0 Å². The number of pyridine rings is 1. The van der Waals surface area contributed by atoms with E-state index in [-0.39, 0.29) is 37.0 Å². The van der Waals surface area contributed by atoms with Gasteiger partial charge < -0.3 is 0 Å². The summed E-state index contributed by atoms with van der Waals surface area (Å²) in [6.45, 7) is 0. The van der Waals surface area contributed by atoms with Crippen LogP contribution in [-0.4, -0.2) is 13.4 Å². The summed E-state index contributed by atoms with van der Waals surface area (Å²) in [7, 11) is -4.26. The fourth-order valence-corrected chi connectivity index (χ4v) is 4.98. The van der Waals surface area contributed by atoms with Crippen molar-refractivity contribution in [1.29, 1.82) is 0 Å². The Balaban J connectivity index is 2.04. The number of sulfone groups is 1. The number of nitrogens with zero attached hydrogens (tertiary/aromatic N) is 1. The molecule has 1 heterocycles. The predicted octanol–water partition coefficient (Wildman–Crippen LogP) is 6.46. The monoisotopic (exact) mass is 467 g/mol. The highest BCUT2D eigenvalue weighted by Crippen LogP contribution is 2.34. The van der Waals surface area contributed by atoms with E-state index in [1.165, 1.54) is 42.5 Å². The minimum absolute atomic E-state index is 0.0915. The first-order valence-electron chi connectivity index (χ1n) is 8.43. The van der Waals surface area contributed by atoms with Gasteiger partial charge in [-0.1, -0.05) is 41.4 Å². The molecule has 9 heteroatoms. The lowest BCUT2D eigenvalue weighted by Gasteiger charge is -2.12. The number of rotatable bonds is 3. The Labute approximate surface area is 179 Å². The van der Waals surface area contributed by atoms with Crippen molar-refractivity contribution in [2.45, 2.75) is 9.92 Å². The van der Waals surface area contributed by atoms with Crippen LogP contribution in [0.2, 0.25) is 10.0 Å². The standard InChI is InChI=1S/C21H10Cl2F3NO2S/c22-12-7-13(23)9-14(8-12)30(28,29)20-10-16(11-4-5-17(24)19(26)6-11)15-2-1-3-18(25)21(15)27-20/h1-10H. The van der Waals surface area contributed by atoms with Crippen molar-refractivity contribution >= 4 is 43.9 Å². The van der Waals surface area contributed by atoms with E-state index >= 15 is 0 Å². The van der Waals surface area contributed by atoms with Gasteiger partial charge in [0.05, 0.1) is 4.90 Å². The van der Waals surface area contributed by atoms with Gasteiger partial charge in [0.1, 0.15) is 11.3 Å². The van der Waals surface area contributed by atoms with Gasteiger partial charge in [0.15, 0.2) is 16.7 Å². The third kappa shape index (κ3) is 3.64. The third-order valence-electron chi connectivity index (χ3n) is 4.42. The lowest BCUT2D eigenvalue weighted by atomic mass is 10.0. The summed E-state index contributed by atoms with van der Waals surface area (Å²) in [6.07, 6.45) is 0. The van der Waals surface area contributed by atoms with E-state index in [2.05, 4.69) is 4.98 Å². The first-order chi connectivity index (χ1) is 14.2. The first-order valence-corrected chi connectivity index (χ1v) is 10.7. The molecule has 0 aliphatic heterocycles. The number of hydrogen-bond donors (Lipinski definition) is 0. The molecule has 0 fully saturated rings. The van der Waals surface area contributed by atoms with Crippen molar-refractivity contribution in [2.24, 2.45) is 0 Å². The Hall–Kier alpha value is -2.61. The minimum atomic E-state index is -4.26. The van der Waals surface area contributed by atoms with E-state index in [4.69, 9.17) is 23.2 Å².